The molecule has 1 aliphatic rings. The van der Waals surface area contributed by atoms with Gasteiger partial charge in [-0.05, 0) is 17.7 Å². The van der Waals surface area contributed by atoms with Crippen LogP contribution in [0.15, 0.2) is 29.5 Å². The third-order valence-corrected chi connectivity index (χ3v) is 4.88. The number of hydrogen-bond donors (Lipinski definition) is 3. The summed E-state index contributed by atoms with van der Waals surface area (Å²) in [4.78, 5) is 49.3. The SMILES string of the molecule is CN(Cc1ccc(Cl)c(Cl)c1)C(=O)C1=C(O)C(=O)N(C(CC(N)=O)C(=O)O)C1. The van der Waals surface area contributed by atoms with Crippen molar-refractivity contribution in [3.8, 4) is 0 Å². The molecule has 0 radical (unpaired) electrons. The summed E-state index contributed by atoms with van der Waals surface area (Å²) in [5, 5.41) is 20.0. The van der Waals surface area contributed by atoms with Crippen molar-refractivity contribution in [2.45, 2.75) is 19.0 Å². The second-order valence-corrected chi connectivity index (χ2v) is 7.01. The number of nitrogens with zero attached hydrogens (tertiary/aromatic N) is 2. The Morgan fingerprint density at radius 3 is 2.46 bits per heavy atom. The molecule has 4 N–H and O–H groups in total. The van der Waals surface area contributed by atoms with Gasteiger partial charge in [-0.15, -0.1) is 0 Å². The van der Waals surface area contributed by atoms with E-state index in [1.807, 2.05) is 0 Å². The summed E-state index contributed by atoms with van der Waals surface area (Å²) in [7, 11) is 1.44. The number of benzene rings is 1. The number of carboxylic acids is 1. The van der Waals surface area contributed by atoms with Crippen LogP contribution >= 0.6 is 23.2 Å². The van der Waals surface area contributed by atoms with E-state index in [9.17, 15) is 29.4 Å². The lowest BCUT2D eigenvalue weighted by atomic mass is 10.1. The van der Waals surface area contributed by atoms with Gasteiger partial charge in [-0.25, -0.2) is 4.79 Å². The molecule has 0 saturated carbocycles. The first-order valence-corrected chi connectivity index (χ1v) is 8.72. The Morgan fingerprint density at radius 1 is 1.29 bits per heavy atom. The van der Waals surface area contributed by atoms with Gasteiger partial charge in [0, 0.05) is 13.6 Å². The number of primary amides is 1. The highest BCUT2D eigenvalue weighted by atomic mass is 35.5. The van der Waals surface area contributed by atoms with Gasteiger partial charge < -0.3 is 25.7 Å². The predicted molar refractivity (Wildman–Crippen MR) is 99.5 cm³/mol. The second kappa shape index (κ2) is 8.49. The van der Waals surface area contributed by atoms with Crippen molar-refractivity contribution in [2.75, 3.05) is 13.6 Å². The first-order chi connectivity index (χ1) is 13.0. The number of likely N-dealkylation sites (N-methyl/N-ethyl adjacent to an activating group) is 1. The molecule has 150 valence electrons. The number of hydrogen-bond acceptors (Lipinski definition) is 5. The Kier molecular flexibility index (Phi) is 6.52. The van der Waals surface area contributed by atoms with E-state index in [1.54, 1.807) is 18.2 Å². The van der Waals surface area contributed by atoms with Crippen molar-refractivity contribution in [1.82, 2.24) is 9.80 Å². The molecule has 1 heterocycles. The van der Waals surface area contributed by atoms with E-state index in [4.69, 9.17) is 28.9 Å². The minimum atomic E-state index is -1.59. The fraction of sp³-hybridized carbons (Fsp3) is 0.294. The Morgan fingerprint density at radius 2 is 1.93 bits per heavy atom. The highest BCUT2D eigenvalue weighted by Gasteiger charge is 2.41. The van der Waals surface area contributed by atoms with Crippen molar-refractivity contribution in [3.05, 3.63) is 45.1 Å². The fourth-order valence-corrected chi connectivity index (χ4v) is 3.06. The first-order valence-electron chi connectivity index (χ1n) is 7.96. The van der Waals surface area contributed by atoms with Gasteiger partial charge in [-0.1, -0.05) is 29.3 Å². The molecule has 1 aliphatic heterocycles. The number of aliphatic hydroxyl groups excluding tert-OH is 1. The molecule has 3 amide bonds. The van der Waals surface area contributed by atoms with E-state index in [1.165, 1.54) is 11.9 Å². The largest absolute Gasteiger partial charge is 0.503 e. The molecule has 9 nitrogen and oxygen atoms in total. The number of rotatable bonds is 7. The zero-order chi connectivity index (χ0) is 21.2. The molecule has 11 heteroatoms. The Balaban J connectivity index is 2.18. The summed E-state index contributed by atoms with van der Waals surface area (Å²) in [5.74, 6) is -5.00. The van der Waals surface area contributed by atoms with Crippen molar-refractivity contribution in [2.24, 2.45) is 5.73 Å². The minimum Gasteiger partial charge on any atom is -0.503 e. The number of amides is 3. The van der Waals surface area contributed by atoms with Crippen LogP contribution < -0.4 is 5.73 Å². The zero-order valence-electron chi connectivity index (χ0n) is 14.7. The van der Waals surface area contributed by atoms with Gasteiger partial charge in [-0.2, -0.15) is 0 Å². The smallest absolute Gasteiger partial charge is 0.326 e. The topological polar surface area (TPSA) is 141 Å². The van der Waals surface area contributed by atoms with E-state index in [-0.39, 0.29) is 12.1 Å². The van der Waals surface area contributed by atoms with Crippen LogP contribution in [0, 0.1) is 0 Å². The van der Waals surface area contributed by atoms with Crippen LogP contribution in [0.4, 0.5) is 0 Å². The third kappa shape index (κ3) is 4.55. The van der Waals surface area contributed by atoms with Crippen LogP contribution in [0.25, 0.3) is 0 Å². The standard InChI is InChI=1S/C17H17Cl2N3O6/c1-21(6-8-2-3-10(18)11(19)4-8)15(25)9-7-22(16(26)14(9)24)12(17(27)28)5-13(20)23/h2-4,12,24H,5-7H2,1H3,(H2,20,23)(H,27,28). The minimum absolute atomic E-state index is 0.102. The number of aliphatic carboxylic acids is 1. The van der Waals surface area contributed by atoms with Crippen molar-refractivity contribution >= 4 is 46.9 Å². The van der Waals surface area contributed by atoms with Gasteiger partial charge in [0.2, 0.25) is 5.91 Å². The third-order valence-electron chi connectivity index (χ3n) is 4.14. The van der Waals surface area contributed by atoms with Crippen molar-refractivity contribution in [1.29, 1.82) is 0 Å². The molecule has 1 aromatic carbocycles. The van der Waals surface area contributed by atoms with Gasteiger partial charge in [0.25, 0.3) is 11.8 Å². The van der Waals surface area contributed by atoms with Crippen LogP contribution in [0.3, 0.4) is 0 Å². The Hall–Kier alpha value is -2.78. The van der Waals surface area contributed by atoms with Gasteiger partial charge in [-0.3, -0.25) is 14.4 Å². The van der Waals surface area contributed by atoms with Crippen LogP contribution in [-0.4, -0.2) is 63.3 Å². The lowest BCUT2D eigenvalue weighted by molar-refractivity contribution is -0.150. The summed E-state index contributed by atoms with van der Waals surface area (Å²) in [5.41, 5.74) is 5.40. The number of nitrogens with two attached hydrogens (primary N) is 1. The summed E-state index contributed by atoms with van der Waals surface area (Å²) < 4.78 is 0. The van der Waals surface area contributed by atoms with Crippen molar-refractivity contribution < 1.29 is 29.4 Å². The van der Waals surface area contributed by atoms with Gasteiger partial charge in [0.1, 0.15) is 6.04 Å². The van der Waals surface area contributed by atoms with Crippen molar-refractivity contribution in [3.63, 3.8) is 0 Å². The molecule has 0 aliphatic carbocycles. The van der Waals surface area contributed by atoms with E-state index in [2.05, 4.69) is 0 Å². The van der Waals surface area contributed by atoms with E-state index in [0.29, 0.717) is 15.6 Å². The molecule has 0 spiro atoms. The molecular weight excluding hydrogens is 413 g/mol. The Labute approximate surface area is 169 Å². The maximum absolute atomic E-state index is 12.6. The molecule has 1 atom stereocenters. The van der Waals surface area contributed by atoms with Crippen LogP contribution in [0.5, 0.6) is 0 Å². The zero-order valence-corrected chi connectivity index (χ0v) is 16.2. The molecule has 0 saturated heterocycles. The average Bonchev–Trinajstić information content (AvgIpc) is 2.90. The number of aliphatic hydroxyl groups is 1. The number of carbonyl (C=O) groups excluding carboxylic acids is 3. The lowest BCUT2D eigenvalue weighted by Gasteiger charge is -2.24. The predicted octanol–water partition coefficient (Wildman–Crippen LogP) is 0.935. The molecule has 1 unspecified atom stereocenters. The van der Waals surface area contributed by atoms with E-state index >= 15 is 0 Å². The number of halogens is 2. The van der Waals surface area contributed by atoms with Gasteiger partial charge in [0.15, 0.2) is 5.76 Å². The molecule has 0 fully saturated rings. The normalized spacial score (nSPS) is 15.0. The highest BCUT2D eigenvalue weighted by molar-refractivity contribution is 6.42. The van der Waals surface area contributed by atoms with E-state index < -0.39 is 48.5 Å². The maximum Gasteiger partial charge on any atom is 0.326 e. The van der Waals surface area contributed by atoms with Gasteiger partial charge in [0.05, 0.1) is 28.6 Å². The maximum atomic E-state index is 12.6. The van der Waals surface area contributed by atoms with E-state index in [0.717, 1.165) is 4.90 Å². The molecular formula is C17H17Cl2N3O6. The van der Waals surface area contributed by atoms with Crippen LogP contribution in [0.1, 0.15) is 12.0 Å². The van der Waals surface area contributed by atoms with Crippen LogP contribution in [0.2, 0.25) is 10.0 Å². The van der Waals surface area contributed by atoms with Crippen LogP contribution in [-0.2, 0) is 25.7 Å². The Bertz CT molecular complexity index is 886. The molecule has 28 heavy (non-hydrogen) atoms. The highest BCUT2D eigenvalue weighted by Crippen LogP contribution is 2.25. The fourth-order valence-electron chi connectivity index (χ4n) is 2.74. The quantitative estimate of drug-likeness (QED) is 0.588. The summed E-state index contributed by atoms with van der Waals surface area (Å²) in [6.45, 7) is -0.357. The first kappa shape index (κ1) is 21.5. The number of carboxylic acid groups (broad SMARTS) is 1. The van der Waals surface area contributed by atoms with Gasteiger partial charge >= 0.3 is 5.97 Å². The molecule has 0 aromatic heterocycles. The molecule has 2 rings (SSSR count). The summed E-state index contributed by atoms with van der Waals surface area (Å²) in [6.07, 6.45) is -0.644. The second-order valence-electron chi connectivity index (χ2n) is 6.19. The molecule has 0 bridgehead atoms. The number of carbonyl (C=O) groups is 4. The lowest BCUT2D eigenvalue weighted by Crippen LogP contribution is -2.45. The summed E-state index contributed by atoms with van der Waals surface area (Å²) >= 11 is 11.8. The molecule has 1 aromatic rings. The average molecular weight is 430 g/mol. The summed E-state index contributed by atoms with van der Waals surface area (Å²) in [6, 6.07) is 3.21. The monoisotopic (exact) mass is 429 g/mol.